The predicted molar refractivity (Wildman–Crippen MR) is 94.7 cm³/mol. The largest absolute Gasteiger partial charge is 0.480 e. The summed E-state index contributed by atoms with van der Waals surface area (Å²) in [4.78, 5) is 25.1. The van der Waals surface area contributed by atoms with Crippen molar-refractivity contribution in [2.45, 2.75) is 31.7 Å². The van der Waals surface area contributed by atoms with E-state index in [0.717, 1.165) is 12.8 Å². The highest BCUT2D eigenvalue weighted by Crippen LogP contribution is 2.31. The fourth-order valence-corrected chi connectivity index (χ4v) is 3.25. The average molecular weight is 342 g/mol. The van der Waals surface area contributed by atoms with Crippen molar-refractivity contribution in [2.24, 2.45) is 0 Å². The summed E-state index contributed by atoms with van der Waals surface area (Å²) < 4.78 is 1.87. The molecule has 0 saturated heterocycles. The number of rotatable bonds is 7. The number of amides is 1. The highest BCUT2D eigenvalue weighted by atomic mass is 16.4. The number of benzene rings is 1. The van der Waals surface area contributed by atoms with E-state index in [0.29, 0.717) is 17.5 Å². The van der Waals surface area contributed by atoms with Gasteiger partial charge in [-0.05, 0) is 25.0 Å². The smallest absolute Gasteiger partial charge is 0.323 e. The molecule has 1 fully saturated rings. The van der Waals surface area contributed by atoms with Gasteiger partial charge in [0.15, 0.2) is 0 Å². The number of carbonyl (C=O) groups excluding carboxylic acids is 1. The maximum atomic E-state index is 12.5. The number of nitrogens with zero attached hydrogens (tertiary/aromatic N) is 3. The van der Waals surface area contributed by atoms with E-state index in [-0.39, 0.29) is 19.0 Å². The number of carboxylic acids is 1. The van der Waals surface area contributed by atoms with E-state index < -0.39 is 5.97 Å². The van der Waals surface area contributed by atoms with Gasteiger partial charge in [0.05, 0.1) is 18.8 Å². The molecule has 0 aliphatic heterocycles. The lowest BCUT2D eigenvalue weighted by Crippen LogP contribution is -2.37. The monoisotopic (exact) mass is 342 g/mol. The van der Waals surface area contributed by atoms with Gasteiger partial charge >= 0.3 is 5.97 Å². The summed E-state index contributed by atoms with van der Waals surface area (Å²) in [6, 6.07) is 11.2. The predicted octanol–water partition coefficient (Wildman–Crippen LogP) is 2.53. The van der Waals surface area contributed by atoms with Gasteiger partial charge in [0.25, 0.3) is 0 Å². The number of aliphatic carboxylic acids is 1. The molecule has 7 heteroatoms. The number of anilines is 2. The second-order valence-corrected chi connectivity index (χ2v) is 6.23. The van der Waals surface area contributed by atoms with Crippen LogP contribution in [-0.2, 0) is 9.59 Å². The Bertz CT molecular complexity index is 723. The molecule has 1 saturated carbocycles. The lowest BCUT2D eigenvalue weighted by molar-refractivity contribution is -0.135. The molecule has 0 spiro atoms. The van der Waals surface area contributed by atoms with Gasteiger partial charge in [0.1, 0.15) is 12.4 Å². The van der Waals surface area contributed by atoms with Crippen LogP contribution in [-0.4, -0.2) is 39.9 Å². The fraction of sp³-hybridized carbons (Fsp3) is 0.389. The molecule has 7 nitrogen and oxygen atoms in total. The van der Waals surface area contributed by atoms with Crippen molar-refractivity contribution in [1.29, 1.82) is 0 Å². The first-order valence-corrected chi connectivity index (χ1v) is 8.48. The van der Waals surface area contributed by atoms with Gasteiger partial charge < -0.3 is 15.3 Å². The lowest BCUT2D eigenvalue weighted by Gasteiger charge is -2.22. The number of para-hydroxylation sites is 1. The Morgan fingerprint density at radius 2 is 1.88 bits per heavy atom. The third kappa shape index (κ3) is 4.37. The van der Waals surface area contributed by atoms with E-state index in [1.165, 1.54) is 17.7 Å². The second-order valence-electron chi connectivity index (χ2n) is 6.23. The fourth-order valence-electron chi connectivity index (χ4n) is 3.25. The first kappa shape index (κ1) is 17.0. The SMILES string of the molecule is O=C(O)CN(CC(=O)Nc1ccnn1C1CCCC1)c1ccccc1. The van der Waals surface area contributed by atoms with Crippen LogP contribution in [0.2, 0.25) is 0 Å². The van der Waals surface area contributed by atoms with Crippen LogP contribution in [0.3, 0.4) is 0 Å². The van der Waals surface area contributed by atoms with Crippen molar-refractivity contribution in [3.63, 3.8) is 0 Å². The Balaban J connectivity index is 1.68. The quantitative estimate of drug-likeness (QED) is 0.807. The number of aromatic nitrogens is 2. The standard InChI is InChI=1S/C18H22N4O3/c23-17(12-21(13-18(24)25)14-6-2-1-3-7-14)20-16-10-11-19-22(16)15-8-4-5-9-15/h1-3,6-7,10-11,15H,4-5,8-9,12-13H2,(H,20,23)(H,24,25). The van der Waals surface area contributed by atoms with Crippen LogP contribution >= 0.6 is 0 Å². The normalized spacial score (nSPS) is 14.4. The minimum Gasteiger partial charge on any atom is -0.480 e. The number of hydrogen-bond donors (Lipinski definition) is 2. The molecular weight excluding hydrogens is 320 g/mol. The van der Waals surface area contributed by atoms with Crippen molar-refractivity contribution in [3.05, 3.63) is 42.6 Å². The van der Waals surface area contributed by atoms with Crippen molar-refractivity contribution < 1.29 is 14.7 Å². The molecule has 1 amide bonds. The Morgan fingerprint density at radius 1 is 1.16 bits per heavy atom. The Kier molecular flexibility index (Phi) is 5.33. The summed E-state index contributed by atoms with van der Waals surface area (Å²) in [7, 11) is 0. The van der Waals surface area contributed by atoms with Gasteiger partial charge in [0.2, 0.25) is 5.91 Å². The summed E-state index contributed by atoms with van der Waals surface area (Å²) in [5.41, 5.74) is 0.698. The van der Waals surface area contributed by atoms with E-state index in [2.05, 4.69) is 10.4 Å². The van der Waals surface area contributed by atoms with Crippen molar-refractivity contribution >= 4 is 23.4 Å². The Labute approximate surface area is 146 Å². The van der Waals surface area contributed by atoms with Crippen LogP contribution in [0.25, 0.3) is 0 Å². The van der Waals surface area contributed by atoms with Crippen LogP contribution in [0.5, 0.6) is 0 Å². The minimum atomic E-state index is -0.979. The number of carboxylic acid groups (broad SMARTS) is 1. The highest BCUT2D eigenvalue weighted by molar-refractivity contribution is 5.94. The van der Waals surface area contributed by atoms with Crippen LogP contribution in [0.1, 0.15) is 31.7 Å². The van der Waals surface area contributed by atoms with Crippen molar-refractivity contribution in [3.8, 4) is 0 Å². The van der Waals surface area contributed by atoms with Gasteiger partial charge in [-0.2, -0.15) is 5.10 Å². The first-order valence-electron chi connectivity index (χ1n) is 8.48. The van der Waals surface area contributed by atoms with Crippen molar-refractivity contribution in [2.75, 3.05) is 23.3 Å². The van der Waals surface area contributed by atoms with Crippen molar-refractivity contribution in [1.82, 2.24) is 9.78 Å². The van der Waals surface area contributed by atoms with Gasteiger partial charge in [-0.15, -0.1) is 0 Å². The topological polar surface area (TPSA) is 87.5 Å². The van der Waals surface area contributed by atoms with Gasteiger partial charge in [-0.25, -0.2) is 4.68 Å². The molecule has 0 radical (unpaired) electrons. The zero-order valence-corrected chi connectivity index (χ0v) is 14.0. The zero-order chi connectivity index (χ0) is 17.6. The molecule has 0 bridgehead atoms. The highest BCUT2D eigenvalue weighted by Gasteiger charge is 2.21. The van der Waals surface area contributed by atoms with Gasteiger partial charge in [-0.3, -0.25) is 9.59 Å². The molecule has 1 aliphatic carbocycles. The molecular formula is C18H22N4O3. The third-order valence-corrected chi connectivity index (χ3v) is 4.39. The number of carbonyl (C=O) groups is 2. The molecule has 1 aromatic carbocycles. The number of nitrogens with one attached hydrogen (secondary N) is 1. The minimum absolute atomic E-state index is 0.0356. The molecule has 2 aromatic rings. The Hall–Kier alpha value is -2.83. The van der Waals surface area contributed by atoms with E-state index in [1.54, 1.807) is 24.4 Å². The summed E-state index contributed by atoms with van der Waals surface area (Å²) in [5.74, 6) is -0.572. The molecule has 0 unspecified atom stereocenters. The molecule has 132 valence electrons. The third-order valence-electron chi connectivity index (χ3n) is 4.39. The summed E-state index contributed by atoms with van der Waals surface area (Å²) in [6.07, 6.45) is 6.18. The molecule has 25 heavy (non-hydrogen) atoms. The maximum Gasteiger partial charge on any atom is 0.323 e. The molecule has 1 aromatic heterocycles. The van der Waals surface area contributed by atoms with Gasteiger partial charge in [-0.1, -0.05) is 31.0 Å². The molecule has 3 rings (SSSR count). The number of hydrogen-bond acceptors (Lipinski definition) is 4. The zero-order valence-electron chi connectivity index (χ0n) is 14.0. The van der Waals surface area contributed by atoms with Crippen LogP contribution in [0, 0.1) is 0 Å². The molecule has 2 N–H and O–H groups in total. The van der Waals surface area contributed by atoms with E-state index in [4.69, 9.17) is 5.11 Å². The van der Waals surface area contributed by atoms with E-state index in [1.807, 2.05) is 22.9 Å². The summed E-state index contributed by atoms with van der Waals surface area (Å²) in [6.45, 7) is -0.272. The molecule has 0 atom stereocenters. The van der Waals surface area contributed by atoms with Crippen LogP contribution in [0.15, 0.2) is 42.6 Å². The summed E-state index contributed by atoms with van der Waals surface area (Å²) >= 11 is 0. The van der Waals surface area contributed by atoms with E-state index in [9.17, 15) is 9.59 Å². The lowest BCUT2D eigenvalue weighted by atomic mass is 10.2. The summed E-state index contributed by atoms with van der Waals surface area (Å²) in [5, 5.41) is 16.3. The van der Waals surface area contributed by atoms with Gasteiger partial charge in [0, 0.05) is 11.8 Å². The Morgan fingerprint density at radius 3 is 2.56 bits per heavy atom. The average Bonchev–Trinajstić information content (AvgIpc) is 3.25. The maximum absolute atomic E-state index is 12.5. The molecule has 1 heterocycles. The first-order chi connectivity index (χ1) is 12.1. The molecule has 1 aliphatic rings. The van der Waals surface area contributed by atoms with Crippen LogP contribution in [0.4, 0.5) is 11.5 Å². The van der Waals surface area contributed by atoms with E-state index >= 15 is 0 Å². The second kappa shape index (κ2) is 7.83. The van der Waals surface area contributed by atoms with Crippen LogP contribution < -0.4 is 10.2 Å².